The van der Waals surface area contributed by atoms with Gasteiger partial charge in [0.15, 0.2) is 11.9 Å². The SMILES string of the molecule is CCOP(=O)(OCC)O[C@H]1[C@H](O)[C@H](O)CO[C@@]12COC(C)(C)O2. The Balaban J connectivity index is 2.27. The number of phosphoric acid groups is 1. The van der Waals surface area contributed by atoms with E-state index in [4.69, 9.17) is 27.8 Å². The fraction of sp³-hybridized carbons (Fsp3) is 1.00. The van der Waals surface area contributed by atoms with Crippen LogP contribution >= 0.6 is 7.82 Å². The molecule has 23 heavy (non-hydrogen) atoms. The molecule has 0 amide bonds. The van der Waals surface area contributed by atoms with E-state index in [2.05, 4.69) is 0 Å². The summed E-state index contributed by atoms with van der Waals surface area (Å²) < 4.78 is 45.0. The summed E-state index contributed by atoms with van der Waals surface area (Å²) in [6.45, 7) is 6.53. The Hall–Kier alpha value is -0.0900. The van der Waals surface area contributed by atoms with Gasteiger partial charge in [0, 0.05) is 0 Å². The Morgan fingerprint density at radius 3 is 2.26 bits per heavy atom. The van der Waals surface area contributed by atoms with Crippen LogP contribution in [0.5, 0.6) is 0 Å². The maximum absolute atomic E-state index is 12.6. The van der Waals surface area contributed by atoms with Crippen molar-refractivity contribution >= 4 is 7.82 Å². The van der Waals surface area contributed by atoms with Crippen LogP contribution in [-0.2, 0) is 32.3 Å². The summed E-state index contributed by atoms with van der Waals surface area (Å²) >= 11 is 0. The van der Waals surface area contributed by atoms with E-state index >= 15 is 0 Å². The van der Waals surface area contributed by atoms with Crippen molar-refractivity contribution in [2.24, 2.45) is 0 Å². The summed E-state index contributed by atoms with van der Waals surface area (Å²) in [6.07, 6.45) is -3.94. The van der Waals surface area contributed by atoms with Crippen LogP contribution in [-0.4, -0.2) is 66.5 Å². The first-order valence-corrected chi connectivity index (χ1v) is 9.05. The lowest BCUT2D eigenvalue weighted by molar-refractivity contribution is -0.334. The van der Waals surface area contributed by atoms with Gasteiger partial charge in [-0.25, -0.2) is 4.57 Å². The lowest BCUT2D eigenvalue weighted by Crippen LogP contribution is -2.63. The first kappa shape index (κ1) is 19.2. The van der Waals surface area contributed by atoms with Gasteiger partial charge in [0.05, 0.1) is 19.8 Å². The molecule has 2 rings (SSSR count). The second kappa shape index (κ2) is 7.03. The third kappa shape index (κ3) is 4.12. The summed E-state index contributed by atoms with van der Waals surface area (Å²) in [6, 6.07) is 0. The van der Waals surface area contributed by atoms with Gasteiger partial charge < -0.3 is 24.4 Å². The van der Waals surface area contributed by atoms with Gasteiger partial charge in [-0.2, -0.15) is 0 Å². The molecular weight excluding hydrogens is 331 g/mol. The monoisotopic (exact) mass is 356 g/mol. The molecule has 4 atom stereocenters. The fourth-order valence-corrected chi connectivity index (χ4v) is 3.92. The Bertz CT molecular complexity index is 447. The molecule has 0 aliphatic carbocycles. The molecule has 0 bridgehead atoms. The number of ether oxygens (including phenoxy) is 3. The highest BCUT2D eigenvalue weighted by atomic mass is 31.2. The van der Waals surface area contributed by atoms with Crippen LogP contribution in [0.1, 0.15) is 27.7 Å². The van der Waals surface area contributed by atoms with E-state index in [1.165, 1.54) is 0 Å². The minimum absolute atomic E-state index is 0.0628. The van der Waals surface area contributed by atoms with Crippen LogP contribution in [0, 0.1) is 0 Å². The zero-order valence-corrected chi connectivity index (χ0v) is 14.7. The highest BCUT2D eigenvalue weighted by Crippen LogP contribution is 2.54. The molecule has 2 aliphatic rings. The molecule has 0 radical (unpaired) electrons. The van der Waals surface area contributed by atoms with Gasteiger partial charge in [0.25, 0.3) is 0 Å². The Morgan fingerprint density at radius 2 is 1.78 bits per heavy atom. The third-order valence-electron chi connectivity index (χ3n) is 3.49. The van der Waals surface area contributed by atoms with Gasteiger partial charge in [-0.1, -0.05) is 0 Å². The zero-order valence-electron chi connectivity index (χ0n) is 13.8. The van der Waals surface area contributed by atoms with Crippen molar-refractivity contribution in [3.05, 3.63) is 0 Å². The zero-order chi connectivity index (χ0) is 17.3. The van der Waals surface area contributed by atoms with Crippen LogP contribution in [0.2, 0.25) is 0 Å². The van der Waals surface area contributed by atoms with E-state index in [1.54, 1.807) is 27.7 Å². The molecule has 2 aliphatic heterocycles. The number of aliphatic hydroxyl groups excluding tert-OH is 2. The summed E-state index contributed by atoms with van der Waals surface area (Å²) in [7, 11) is -3.96. The topological polar surface area (TPSA) is 113 Å². The predicted molar refractivity (Wildman–Crippen MR) is 77.5 cm³/mol. The number of hydrogen-bond acceptors (Lipinski definition) is 9. The third-order valence-corrected chi connectivity index (χ3v) is 5.13. The van der Waals surface area contributed by atoms with Gasteiger partial charge >= 0.3 is 7.82 Å². The van der Waals surface area contributed by atoms with Crippen molar-refractivity contribution in [2.45, 2.75) is 57.6 Å². The molecule has 136 valence electrons. The van der Waals surface area contributed by atoms with Crippen LogP contribution in [0.3, 0.4) is 0 Å². The summed E-state index contributed by atoms with van der Waals surface area (Å²) in [4.78, 5) is 0. The average molecular weight is 356 g/mol. The standard InChI is InChI=1S/C13H25O9P/c1-5-19-23(16,20-6-2)21-11-10(15)9(14)7-17-13(11)8-18-12(3,4)22-13/h9-11,14-15H,5-8H2,1-4H3/t9-,10-,11+,13-/m1/s1. The minimum atomic E-state index is -3.96. The molecule has 0 aromatic heterocycles. The number of phosphoric ester groups is 1. The Labute approximate surface area is 135 Å². The number of rotatable bonds is 6. The van der Waals surface area contributed by atoms with E-state index in [0.717, 1.165) is 0 Å². The molecule has 0 aromatic carbocycles. The van der Waals surface area contributed by atoms with Gasteiger partial charge in [-0.15, -0.1) is 0 Å². The molecule has 10 heteroatoms. The normalized spacial score (nSPS) is 37.4. The quantitative estimate of drug-likeness (QED) is 0.667. The van der Waals surface area contributed by atoms with Crippen LogP contribution < -0.4 is 0 Å². The minimum Gasteiger partial charge on any atom is -0.388 e. The van der Waals surface area contributed by atoms with E-state index in [-0.39, 0.29) is 26.4 Å². The first-order chi connectivity index (χ1) is 10.7. The van der Waals surface area contributed by atoms with Crippen molar-refractivity contribution < 1.29 is 42.6 Å². The van der Waals surface area contributed by atoms with Crippen LogP contribution in [0.15, 0.2) is 0 Å². The highest BCUT2D eigenvalue weighted by molar-refractivity contribution is 7.48. The average Bonchev–Trinajstić information content (AvgIpc) is 2.77. The lowest BCUT2D eigenvalue weighted by atomic mass is 9.97. The summed E-state index contributed by atoms with van der Waals surface area (Å²) in [5.74, 6) is -2.49. The molecule has 1 spiro atoms. The van der Waals surface area contributed by atoms with E-state index in [9.17, 15) is 14.8 Å². The Morgan fingerprint density at radius 1 is 1.17 bits per heavy atom. The maximum Gasteiger partial charge on any atom is 0.475 e. The highest BCUT2D eigenvalue weighted by Gasteiger charge is 2.61. The summed E-state index contributed by atoms with van der Waals surface area (Å²) in [5.41, 5.74) is 0. The van der Waals surface area contributed by atoms with Gasteiger partial charge in [-0.05, 0) is 27.7 Å². The Kier molecular flexibility index (Phi) is 5.88. The van der Waals surface area contributed by atoms with E-state index in [1.807, 2.05) is 0 Å². The molecule has 0 saturated carbocycles. The molecule has 2 N–H and O–H groups in total. The molecule has 9 nitrogen and oxygen atoms in total. The van der Waals surface area contributed by atoms with Crippen molar-refractivity contribution in [2.75, 3.05) is 26.4 Å². The van der Waals surface area contributed by atoms with Crippen molar-refractivity contribution in [1.82, 2.24) is 0 Å². The van der Waals surface area contributed by atoms with Gasteiger partial charge in [-0.3, -0.25) is 13.6 Å². The molecule has 2 fully saturated rings. The molecule has 0 unspecified atom stereocenters. The van der Waals surface area contributed by atoms with Crippen molar-refractivity contribution in [1.29, 1.82) is 0 Å². The summed E-state index contributed by atoms with van der Waals surface area (Å²) in [5, 5.41) is 20.2. The van der Waals surface area contributed by atoms with Gasteiger partial charge in [0.2, 0.25) is 5.79 Å². The number of aliphatic hydroxyl groups is 2. The second-order valence-electron chi connectivity index (χ2n) is 5.78. The molecule has 0 aromatic rings. The number of hydrogen-bond donors (Lipinski definition) is 2. The maximum atomic E-state index is 12.6. The lowest BCUT2D eigenvalue weighted by Gasteiger charge is -2.44. The van der Waals surface area contributed by atoms with E-state index < -0.39 is 37.7 Å². The molecular formula is C13H25O9P. The van der Waals surface area contributed by atoms with Crippen LogP contribution in [0.4, 0.5) is 0 Å². The molecule has 2 saturated heterocycles. The van der Waals surface area contributed by atoms with E-state index in [0.29, 0.717) is 0 Å². The first-order valence-electron chi connectivity index (χ1n) is 7.58. The smallest absolute Gasteiger partial charge is 0.388 e. The second-order valence-corrected chi connectivity index (χ2v) is 7.40. The largest absolute Gasteiger partial charge is 0.475 e. The van der Waals surface area contributed by atoms with Gasteiger partial charge in [0.1, 0.15) is 18.8 Å². The van der Waals surface area contributed by atoms with Crippen molar-refractivity contribution in [3.8, 4) is 0 Å². The fourth-order valence-electron chi connectivity index (χ4n) is 2.53. The molecule has 2 heterocycles. The van der Waals surface area contributed by atoms with Crippen molar-refractivity contribution in [3.63, 3.8) is 0 Å². The predicted octanol–water partition coefficient (Wildman–Crippen LogP) is 0.784. The van der Waals surface area contributed by atoms with Crippen LogP contribution in [0.25, 0.3) is 0 Å².